The average Bonchev–Trinajstić information content (AvgIpc) is 2.39. The van der Waals surface area contributed by atoms with Crippen molar-refractivity contribution >= 4 is 44.4 Å². The maximum Gasteiger partial charge on any atom is 0.252 e. The SMILES string of the molecule is CC(NC(=O)c1ccccc1I)c1ccccc1Br. The highest BCUT2D eigenvalue weighted by atomic mass is 127. The first-order valence-electron chi connectivity index (χ1n) is 5.89. The van der Waals surface area contributed by atoms with Gasteiger partial charge in [-0.15, -0.1) is 0 Å². The average molecular weight is 430 g/mol. The van der Waals surface area contributed by atoms with E-state index in [4.69, 9.17) is 0 Å². The molecule has 0 aromatic heterocycles. The monoisotopic (exact) mass is 429 g/mol. The number of carbonyl (C=O) groups is 1. The number of amides is 1. The van der Waals surface area contributed by atoms with E-state index < -0.39 is 0 Å². The van der Waals surface area contributed by atoms with E-state index in [1.807, 2.05) is 55.5 Å². The summed E-state index contributed by atoms with van der Waals surface area (Å²) in [7, 11) is 0. The molecule has 1 unspecified atom stereocenters. The van der Waals surface area contributed by atoms with Gasteiger partial charge in [-0.3, -0.25) is 4.79 Å². The van der Waals surface area contributed by atoms with Gasteiger partial charge in [0.2, 0.25) is 0 Å². The van der Waals surface area contributed by atoms with E-state index in [0.717, 1.165) is 13.6 Å². The Hall–Kier alpha value is -0.880. The van der Waals surface area contributed by atoms with Crippen LogP contribution in [-0.2, 0) is 0 Å². The largest absolute Gasteiger partial charge is 0.345 e. The van der Waals surface area contributed by atoms with Crippen LogP contribution in [0.1, 0.15) is 28.9 Å². The van der Waals surface area contributed by atoms with Gasteiger partial charge in [0, 0.05) is 8.04 Å². The zero-order chi connectivity index (χ0) is 13.8. The van der Waals surface area contributed by atoms with E-state index in [-0.39, 0.29) is 11.9 Å². The lowest BCUT2D eigenvalue weighted by molar-refractivity contribution is 0.0939. The van der Waals surface area contributed by atoms with Gasteiger partial charge >= 0.3 is 0 Å². The Bertz CT molecular complexity index is 600. The molecular weight excluding hydrogens is 417 g/mol. The van der Waals surface area contributed by atoms with E-state index in [1.165, 1.54) is 0 Å². The molecule has 0 fully saturated rings. The Balaban J connectivity index is 2.16. The van der Waals surface area contributed by atoms with Gasteiger partial charge in [0.05, 0.1) is 11.6 Å². The zero-order valence-electron chi connectivity index (χ0n) is 10.4. The summed E-state index contributed by atoms with van der Waals surface area (Å²) in [6.45, 7) is 1.98. The molecule has 1 atom stereocenters. The second-order valence-corrected chi connectivity index (χ2v) is 6.21. The third-order valence-corrected chi connectivity index (χ3v) is 4.50. The minimum absolute atomic E-state index is 0.0425. The summed E-state index contributed by atoms with van der Waals surface area (Å²) in [6, 6.07) is 15.4. The van der Waals surface area contributed by atoms with Gasteiger partial charge in [-0.25, -0.2) is 0 Å². The quantitative estimate of drug-likeness (QED) is 0.712. The third-order valence-electron chi connectivity index (χ3n) is 2.84. The molecule has 0 spiro atoms. The third kappa shape index (κ3) is 3.57. The van der Waals surface area contributed by atoms with E-state index in [1.54, 1.807) is 0 Å². The maximum absolute atomic E-state index is 12.2. The molecule has 1 N–H and O–H groups in total. The molecule has 0 heterocycles. The van der Waals surface area contributed by atoms with Crippen LogP contribution in [0.15, 0.2) is 53.0 Å². The predicted octanol–water partition coefficient (Wildman–Crippen LogP) is 4.54. The first-order chi connectivity index (χ1) is 9.09. The number of rotatable bonds is 3. The van der Waals surface area contributed by atoms with Gasteiger partial charge in [0.15, 0.2) is 0 Å². The number of hydrogen-bond donors (Lipinski definition) is 1. The molecule has 0 bridgehead atoms. The van der Waals surface area contributed by atoms with Gasteiger partial charge in [-0.2, -0.15) is 0 Å². The Kier molecular flexibility index (Phi) is 4.99. The number of halogens is 2. The second-order valence-electron chi connectivity index (χ2n) is 4.20. The molecule has 2 rings (SSSR count). The Labute approximate surface area is 134 Å². The minimum Gasteiger partial charge on any atom is -0.345 e. The van der Waals surface area contributed by atoms with Crippen LogP contribution >= 0.6 is 38.5 Å². The summed E-state index contributed by atoms with van der Waals surface area (Å²) in [5.74, 6) is -0.0479. The van der Waals surface area contributed by atoms with Crippen molar-refractivity contribution in [2.45, 2.75) is 13.0 Å². The molecule has 98 valence electrons. The van der Waals surface area contributed by atoms with Crippen LogP contribution in [0.25, 0.3) is 0 Å². The van der Waals surface area contributed by atoms with Crippen LogP contribution in [0.4, 0.5) is 0 Å². The molecule has 0 aliphatic heterocycles. The summed E-state index contributed by atoms with van der Waals surface area (Å²) >= 11 is 5.68. The first kappa shape index (κ1) is 14.5. The topological polar surface area (TPSA) is 29.1 Å². The summed E-state index contributed by atoms with van der Waals surface area (Å²) in [4.78, 5) is 12.2. The summed E-state index contributed by atoms with van der Waals surface area (Å²) < 4.78 is 1.96. The highest BCUT2D eigenvalue weighted by Gasteiger charge is 2.14. The summed E-state index contributed by atoms with van der Waals surface area (Å²) in [6.07, 6.45) is 0. The van der Waals surface area contributed by atoms with Crippen molar-refractivity contribution in [3.8, 4) is 0 Å². The molecule has 0 aliphatic carbocycles. The minimum atomic E-state index is -0.0479. The van der Waals surface area contributed by atoms with Crippen LogP contribution < -0.4 is 5.32 Å². The smallest absolute Gasteiger partial charge is 0.252 e. The molecule has 2 nitrogen and oxygen atoms in total. The Morgan fingerprint density at radius 3 is 2.47 bits per heavy atom. The van der Waals surface area contributed by atoms with Crippen LogP contribution in [0.3, 0.4) is 0 Å². The number of hydrogen-bond acceptors (Lipinski definition) is 1. The van der Waals surface area contributed by atoms with E-state index in [0.29, 0.717) is 5.56 Å². The fourth-order valence-electron chi connectivity index (χ4n) is 1.82. The van der Waals surface area contributed by atoms with Crippen molar-refractivity contribution in [3.63, 3.8) is 0 Å². The van der Waals surface area contributed by atoms with Crippen molar-refractivity contribution < 1.29 is 4.79 Å². The van der Waals surface area contributed by atoms with Crippen molar-refractivity contribution in [2.24, 2.45) is 0 Å². The zero-order valence-corrected chi connectivity index (χ0v) is 14.1. The van der Waals surface area contributed by atoms with Crippen molar-refractivity contribution in [2.75, 3.05) is 0 Å². The van der Waals surface area contributed by atoms with E-state index in [9.17, 15) is 4.79 Å². The molecule has 19 heavy (non-hydrogen) atoms. The number of benzene rings is 2. The Morgan fingerprint density at radius 1 is 1.16 bits per heavy atom. The number of carbonyl (C=O) groups excluding carboxylic acids is 1. The highest BCUT2D eigenvalue weighted by Crippen LogP contribution is 2.23. The summed E-state index contributed by atoms with van der Waals surface area (Å²) in [5, 5.41) is 3.02. The first-order valence-corrected chi connectivity index (χ1v) is 7.76. The highest BCUT2D eigenvalue weighted by molar-refractivity contribution is 14.1. The fourth-order valence-corrected chi connectivity index (χ4v) is 3.08. The molecule has 4 heteroatoms. The summed E-state index contributed by atoms with van der Waals surface area (Å²) in [5.41, 5.74) is 1.78. The Morgan fingerprint density at radius 2 is 1.79 bits per heavy atom. The normalized spacial score (nSPS) is 11.9. The predicted molar refractivity (Wildman–Crippen MR) is 89.2 cm³/mol. The second kappa shape index (κ2) is 6.52. The van der Waals surface area contributed by atoms with Gasteiger partial charge in [0.1, 0.15) is 0 Å². The standard InChI is InChI=1S/C15H13BrINO/c1-10(11-6-2-4-8-13(11)16)18-15(19)12-7-3-5-9-14(12)17/h2-10H,1H3,(H,18,19). The molecular formula is C15H13BrINO. The lowest BCUT2D eigenvalue weighted by Crippen LogP contribution is -2.27. The van der Waals surface area contributed by atoms with Gasteiger partial charge in [-0.1, -0.05) is 46.3 Å². The molecule has 0 aliphatic rings. The van der Waals surface area contributed by atoms with Gasteiger partial charge in [-0.05, 0) is 53.3 Å². The van der Waals surface area contributed by atoms with Crippen LogP contribution in [0, 0.1) is 3.57 Å². The van der Waals surface area contributed by atoms with E-state index >= 15 is 0 Å². The van der Waals surface area contributed by atoms with Crippen molar-refractivity contribution in [1.82, 2.24) is 5.32 Å². The molecule has 1 amide bonds. The molecule has 2 aromatic rings. The molecule has 0 radical (unpaired) electrons. The molecule has 2 aromatic carbocycles. The lowest BCUT2D eigenvalue weighted by atomic mass is 10.1. The van der Waals surface area contributed by atoms with Crippen molar-refractivity contribution in [1.29, 1.82) is 0 Å². The molecule has 0 saturated carbocycles. The maximum atomic E-state index is 12.2. The van der Waals surface area contributed by atoms with Gasteiger partial charge < -0.3 is 5.32 Å². The van der Waals surface area contributed by atoms with Crippen LogP contribution in [0.2, 0.25) is 0 Å². The fraction of sp³-hybridized carbons (Fsp3) is 0.133. The lowest BCUT2D eigenvalue weighted by Gasteiger charge is -2.16. The number of nitrogens with one attached hydrogen (secondary N) is 1. The van der Waals surface area contributed by atoms with Gasteiger partial charge in [0.25, 0.3) is 5.91 Å². The molecule has 0 saturated heterocycles. The van der Waals surface area contributed by atoms with E-state index in [2.05, 4.69) is 43.8 Å². The van der Waals surface area contributed by atoms with Crippen molar-refractivity contribution in [3.05, 3.63) is 67.7 Å². The van der Waals surface area contributed by atoms with Crippen LogP contribution in [-0.4, -0.2) is 5.91 Å². The van der Waals surface area contributed by atoms with Crippen LogP contribution in [0.5, 0.6) is 0 Å².